The molecule has 0 fully saturated rings. The summed E-state index contributed by atoms with van der Waals surface area (Å²) >= 11 is 8.95. The molecule has 0 saturated heterocycles. The summed E-state index contributed by atoms with van der Waals surface area (Å²) in [6.07, 6.45) is 1.03. The highest BCUT2D eigenvalue weighted by molar-refractivity contribution is 9.10. The van der Waals surface area contributed by atoms with Gasteiger partial charge >= 0.3 is 0 Å². The fraction of sp³-hybridized carbons (Fsp3) is 0.192. The van der Waals surface area contributed by atoms with Crippen molar-refractivity contribution in [2.75, 3.05) is 13.2 Å². The van der Waals surface area contributed by atoms with Gasteiger partial charge in [-0.2, -0.15) is 5.26 Å². The number of hydrogen-bond acceptors (Lipinski definition) is 4. The second-order valence-electron chi connectivity index (χ2n) is 7.30. The maximum atomic E-state index is 13.1. The number of rotatable bonds is 9. The molecule has 3 aromatic rings. The average Bonchev–Trinajstić information content (AvgIpc) is 2.83. The molecule has 168 valence electrons. The van der Waals surface area contributed by atoms with E-state index in [0.29, 0.717) is 37.4 Å². The lowest BCUT2D eigenvalue weighted by Gasteiger charge is -2.25. The van der Waals surface area contributed by atoms with Gasteiger partial charge in [0.25, 0.3) is 5.91 Å². The van der Waals surface area contributed by atoms with E-state index in [-0.39, 0.29) is 11.0 Å². The number of nitriles is 1. The number of nitrogens with zero attached hydrogens (tertiary/aromatic N) is 2. The predicted molar refractivity (Wildman–Crippen MR) is 137 cm³/mol. The minimum Gasteiger partial charge on any atom is -0.492 e. The highest BCUT2D eigenvalue weighted by atomic mass is 79.9. The first-order valence-corrected chi connectivity index (χ1v) is 11.7. The Hall–Kier alpha value is -3.21. The molecule has 1 amide bonds. The molecule has 0 radical (unpaired) electrons. The molecule has 0 heterocycles. The molecular weight excluding hydrogens is 498 g/mol. The summed E-state index contributed by atoms with van der Waals surface area (Å²) in [6.45, 7) is 1.36. The fourth-order valence-corrected chi connectivity index (χ4v) is 3.82. The minimum absolute atomic E-state index is 0.273. The van der Waals surface area contributed by atoms with Crippen LogP contribution in [0.15, 0.2) is 83.3 Å². The molecule has 0 unspecified atom stereocenters. The number of carbonyl (C=O) groups excluding carboxylic acids is 1. The van der Waals surface area contributed by atoms with Crippen LogP contribution in [0.2, 0.25) is 0 Å². The molecule has 5 nitrogen and oxygen atoms in total. The number of hydrogen-bond donors (Lipinski definition) is 1. The summed E-state index contributed by atoms with van der Waals surface area (Å²) in [5.74, 6) is 0.132. The minimum atomic E-state index is -0.356. The molecule has 0 spiro atoms. The van der Waals surface area contributed by atoms with Gasteiger partial charge in [0, 0.05) is 24.0 Å². The van der Waals surface area contributed by atoms with Crippen LogP contribution in [0, 0.1) is 11.3 Å². The van der Waals surface area contributed by atoms with Crippen LogP contribution in [0.4, 0.5) is 0 Å². The zero-order valence-corrected chi connectivity index (χ0v) is 20.4. The number of benzene rings is 3. The smallest absolute Gasteiger partial charge is 0.261 e. The van der Waals surface area contributed by atoms with Gasteiger partial charge < -0.3 is 9.64 Å². The van der Waals surface area contributed by atoms with Crippen molar-refractivity contribution in [1.82, 2.24) is 10.2 Å². The van der Waals surface area contributed by atoms with Gasteiger partial charge in [-0.1, -0.05) is 76.6 Å². The summed E-state index contributed by atoms with van der Waals surface area (Å²) in [4.78, 5) is 14.9. The van der Waals surface area contributed by atoms with Crippen molar-refractivity contribution < 1.29 is 9.53 Å². The summed E-state index contributed by atoms with van der Waals surface area (Å²) in [7, 11) is 0. The van der Waals surface area contributed by atoms with Crippen molar-refractivity contribution in [2.45, 2.75) is 19.4 Å². The fourth-order valence-electron chi connectivity index (χ4n) is 3.21. The monoisotopic (exact) mass is 521 g/mol. The molecular formula is C26H24BrN3O2S. The van der Waals surface area contributed by atoms with Gasteiger partial charge in [0.2, 0.25) is 0 Å². The Balaban J connectivity index is 1.68. The molecule has 0 atom stereocenters. The number of halogens is 1. The highest BCUT2D eigenvalue weighted by Gasteiger charge is 2.18. The van der Waals surface area contributed by atoms with Crippen LogP contribution >= 0.6 is 28.1 Å². The first-order chi connectivity index (χ1) is 16.1. The Morgan fingerprint density at radius 1 is 1.03 bits per heavy atom. The van der Waals surface area contributed by atoms with Crippen molar-refractivity contribution in [1.29, 1.82) is 5.26 Å². The van der Waals surface area contributed by atoms with Crippen molar-refractivity contribution >= 4 is 39.2 Å². The van der Waals surface area contributed by atoms with Crippen LogP contribution in [0.25, 0.3) is 0 Å². The van der Waals surface area contributed by atoms with Crippen LogP contribution in [-0.2, 0) is 13.0 Å². The number of carbonyl (C=O) groups is 1. The molecule has 0 aliphatic heterocycles. The van der Waals surface area contributed by atoms with Crippen LogP contribution in [-0.4, -0.2) is 29.1 Å². The molecule has 0 aliphatic carbocycles. The lowest BCUT2D eigenvalue weighted by molar-refractivity contribution is 0.0969. The Kier molecular flexibility index (Phi) is 9.43. The van der Waals surface area contributed by atoms with Crippen molar-refractivity contribution in [3.8, 4) is 11.8 Å². The third-order valence-electron chi connectivity index (χ3n) is 4.89. The summed E-state index contributed by atoms with van der Waals surface area (Å²) < 4.78 is 6.70. The quantitative estimate of drug-likeness (QED) is 0.376. The largest absolute Gasteiger partial charge is 0.492 e. The SMILES string of the molecule is N#CCCN(Cc1ccccc1)C(=S)NC(=O)c1cc(Br)ccc1OCCc1ccccc1. The van der Waals surface area contributed by atoms with Gasteiger partial charge in [0.15, 0.2) is 5.11 Å². The lowest BCUT2D eigenvalue weighted by Crippen LogP contribution is -2.42. The molecule has 33 heavy (non-hydrogen) atoms. The van der Waals surface area contributed by atoms with Crippen LogP contribution in [0.5, 0.6) is 5.75 Å². The lowest BCUT2D eigenvalue weighted by atomic mass is 10.1. The second-order valence-corrected chi connectivity index (χ2v) is 8.60. The average molecular weight is 522 g/mol. The van der Waals surface area contributed by atoms with E-state index < -0.39 is 0 Å². The second kappa shape index (κ2) is 12.7. The third-order valence-corrected chi connectivity index (χ3v) is 5.75. The summed E-state index contributed by atoms with van der Waals surface area (Å²) in [6, 6.07) is 27.3. The third kappa shape index (κ3) is 7.70. The van der Waals surface area contributed by atoms with Crippen LogP contribution < -0.4 is 10.1 Å². The van der Waals surface area contributed by atoms with E-state index in [1.807, 2.05) is 71.6 Å². The number of ether oxygens (including phenoxy) is 1. The summed E-state index contributed by atoms with van der Waals surface area (Å²) in [5, 5.41) is 12.1. The van der Waals surface area contributed by atoms with Gasteiger partial charge in [-0.25, -0.2) is 0 Å². The Bertz CT molecular complexity index is 1120. The molecule has 0 bridgehead atoms. The maximum absolute atomic E-state index is 13.1. The van der Waals surface area contributed by atoms with Gasteiger partial charge in [-0.15, -0.1) is 0 Å². The highest BCUT2D eigenvalue weighted by Crippen LogP contribution is 2.24. The zero-order chi connectivity index (χ0) is 23.5. The normalized spacial score (nSPS) is 10.2. The van der Waals surface area contributed by atoms with E-state index in [1.165, 1.54) is 0 Å². The molecule has 3 rings (SSSR count). The van der Waals surface area contributed by atoms with Crippen LogP contribution in [0.1, 0.15) is 27.9 Å². The van der Waals surface area contributed by atoms with E-state index >= 15 is 0 Å². The summed E-state index contributed by atoms with van der Waals surface area (Å²) in [5.41, 5.74) is 2.59. The van der Waals surface area contributed by atoms with E-state index in [4.69, 9.17) is 22.2 Å². The van der Waals surface area contributed by atoms with E-state index in [2.05, 4.69) is 27.3 Å². The zero-order valence-electron chi connectivity index (χ0n) is 18.0. The van der Waals surface area contributed by atoms with Crippen molar-refractivity contribution in [2.24, 2.45) is 0 Å². The molecule has 0 saturated carbocycles. The first-order valence-electron chi connectivity index (χ1n) is 10.5. The molecule has 0 aromatic heterocycles. The topological polar surface area (TPSA) is 65.4 Å². The van der Waals surface area contributed by atoms with Gasteiger partial charge in [0.05, 0.1) is 24.7 Å². The predicted octanol–water partition coefficient (Wildman–Crippen LogP) is 5.50. The molecule has 0 aliphatic rings. The first kappa shape index (κ1) is 24.4. The molecule has 3 aromatic carbocycles. The van der Waals surface area contributed by atoms with Crippen molar-refractivity contribution in [3.05, 3.63) is 100 Å². The molecule has 1 N–H and O–H groups in total. The Morgan fingerprint density at radius 3 is 2.36 bits per heavy atom. The number of nitrogens with one attached hydrogen (secondary N) is 1. The van der Waals surface area contributed by atoms with Crippen molar-refractivity contribution in [3.63, 3.8) is 0 Å². The molecule has 7 heteroatoms. The van der Waals surface area contributed by atoms with E-state index in [1.54, 1.807) is 12.1 Å². The Morgan fingerprint density at radius 2 is 1.70 bits per heavy atom. The van der Waals surface area contributed by atoms with Gasteiger partial charge in [0.1, 0.15) is 5.75 Å². The number of amides is 1. The van der Waals surface area contributed by atoms with Gasteiger partial charge in [-0.3, -0.25) is 10.1 Å². The number of thiocarbonyl (C=S) groups is 1. The van der Waals surface area contributed by atoms with Crippen LogP contribution in [0.3, 0.4) is 0 Å². The maximum Gasteiger partial charge on any atom is 0.261 e. The van der Waals surface area contributed by atoms with E-state index in [9.17, 15) is 4.79 Å². The van der Waals surface area contributed by atoms with Gasteiger partial charge in [-0.05, 0) is 41.5 Å². The van der Waals surface area contributed by atoms with E-state index in [0.717, 1.165) is 22.0 Å². The standard InChI is InChI=1S/C26H24BrN3O2S/c27-22-12-13-24(32-17-14-20-8-3-1-4-9-20)23(18-22)25(31)29-26(33)30(16-7-15-28)19-21-10-5-2-6-11-21/h1-6,8-13,18H,7,14,16-17,19H2,(H,29,31,33). The Labute approximate surface area is 208 Å².